The average molecular weight is 387 g/mol. The van der Waals surface area contributed by atoms with Crippen molar-refractivity contribution in [3.8, 4) is 0 Å². The standard InChI is InChI=1S/C20H16F3N3O2/c21-20(22,23)14-8-5-12(6-9-14)11-17(18(24)27)26-19(28)16-10-7-13-3-1-2-4-15(13)25-16/h1-10,17H,11H2,(H2,24,27)(H,26,28)/t17-/m1/s1. The Hall–Kier alpha value is -3.42. The number of amides is 2. The van der Waals surface area contributed by atoms with E-state index in [2.05, 4.69) is 10.3 Å². The van der Waals surface area contributed by atoms with Gasteiger partial charge in [-0.3, -0.25) is 9.59 Å². The van der Waals surface area contributed by atoms with E-state index in [1.165, 1.54) is 18.2 Å². The Morgan fingerprint density at radius 3 is 2.32 bits per heavy atom. The van der Waals surface area contributed by atoms with E-state index >= 15 is 0 Å². The van der Waals surface area contributed by atoms with Crippen molar-refractivity contribution in [1.29, 1.82) is 0 Å². The number of carbonyl (C=O) groups excluding carboxylic acids is 2. The quantitative estimate of drug-likeness (QED) is 0.706. The van der Waals surface area contributed by atoms with Crippen molar-refractivity contribution < 1.29 is 22.8 Å². The lowest BCUT2D eigenvalue weighted by Crippen LogP contribution is -2.46. The summed E-state index contributed by atoms with van der Waals surface area (Å²) >= 11 is 0. The average Bonchev–Trinajstić information content (AvgIpc) is 2.66. The lowest BCUT2D eigenvalue weighted by molar-refractivity contribution is -0.137. The summed E-state index contributed by atoms with van der Waals surface area (Å²) in [6.07, 6.45) is -4.48. The van der Waals surface area contributed by atoms with Crippen LogP contribution in [0.5, 0.6) is 0 Å². The molecule has 0 fully saturated rings. The van der Waals surface area contributed by atoms with E-state index in [1.54, 1.807) is 18.2 Å². The molecule has 1 aromatic heterocycles. The van der Waals surface area contributed by atoms with Crippen LogP contribution < -0.4 is 11.1 Å². The van der Waals surface area contributed by atoms with E-state index in [1.807, 2.05) is 12.1 Å². The van der Waals surface area contributed by atoms with Crippen LogP contribution in [0.2, 0.25) is 0 Å². The van der Waals surface area contributed by atoms with E-state index in [4.69, 9.17) is 5.73 Å². The summed E-state index contributed by atoms with van der Waals surface area (Å²) in [5.74, 6) is -1.39. The number of nitrogens with zero attached hydrogens (tertiary/aromatic N) is 1. The Bertz CT molecular complexity index is 1020. The maximum Gasteiger partial charge on any atom is 0.416 e. The molecule has 0 bridgehead atoms. The van der Waals surface area contributed by atoms with Gasteiger partial charge in [0.15, 0.2) is 0 Å². The number of benzene rings is 2. The molecular weight excluding hydrogens is 371 g/mol. The van der Waals surface area contributed by atoms with Crippen molar-refractivity contribution in [2.24, 2.45) is 5.73 Å². The summed E-state index contributed by atoms with van der Waals surface area (Å²) in [4.78, 5) is 28.4. The second kappa shape index (κ2) is 7.67. The van der Waals surface area contributed by atoms with Crippen LogP contribution >= 0.6 is 0 Å². The molecule has 0 aliphatic carbocycles. The third kappa shape index (κ3) is 4.46. The summed E-state index contributed by atoms with van der Waals surface area (Å²) in [5.41, 5.74) is 5.71. The van der Waals surface area contributed by atoms with Gasteiger partial charge in [0.2, 0.25) is 5.91 Å². The first-order valence-electron chi connectivity index (χ1n) is 8.36. The topological polar surface area (TPSA) is 85.1 Å². The summed E-state index contributed by atoms with van der Waals surface area (Å²) in [6, 6.07) is 13.7. The highest BCUT2D eigenvalue weighted by molar-refractivity contribution is 5.97. The van der Waals surface area contributed by atoms with Gasteiger partial charge >= 0.3 is 6.18 Å². The fourth-order valence-corrected chi connectivity index (χ4v) is 2.71. The van der Waals surface area contributed by atoms with E-state index in [9.17, 15) is 22.8 Å². The van der Waals surface area contributed by atoms with Gasteiger partial charge in [0.05, 0.1) is 11.1 Å². The lowest BCUT2D eigenvalue weighted by Gasteiger charge is -2.16. The third-order valence-corrected chi connectivity index (χ3v) is 4.20. The number of carbonyl (C=O) groups is 2. The zero-order valence-electron chi connectivity index (χ0n) is 14.5. The van der Waals surface area contributed by atoms with Crippen LogP contribution in [0.4, 0.5) is 13.2 Å². The van der Waals surface area contributed by atoms with Gasteiger partial charge in [-0.25, -0.2) is 4.98 Å². The van der Waals surface area contributed by atoms with Gasteiger partial charge in [0.25, 0.3) is 5.91 Å². The molecule has 0 spiro atoms. The molecule has 3 rings (SSSR count). The van der Waals surface area contributed by atoms with Crippen LogP contribution in [-0.2, 0) is 17.4 Å². The minimum Gasteiger partial charge on any atom is -0.368 e. The second-order valence-corrected chi connectivity index (χ2v) is 6.22. The van der Waals surface area contributed by atoms with Gasteiger partial charge < -0.3 is 11.1 Å². The molecular formula is C20H16F3N3O2. The molecule has 144 valence electrons. The van der Waals surface area contributed by atoms with Crippen LogP contribution in [0.1, 0.15) is 21.6 Å². The molecule has 0 saturated heterocycles. The minimum absolute atomic E-state index is 0.0349. The molecule has 0 aliphatic rings. The number of pyridine rings is 1. The number of nitrogens with two attached hydrogens (primary N) is 1. The Labute approximate surface area is 158 Å². The number of rotatable bonds is 5. The summed E-state index contributed by atoms with van der Waals surface area (Å²) < 4.78 is 37.9. The smallest absolute Gasteiger partial charge is 0.368 e. The van der Waals surface area contributed by atoms with Crippen LogP contribution in [0.25, 0.3) is 10.9 Å². The molecule has 5 nitrogen and oxygen atoms in total. The van der Waals surface area contributed by atoms with E-state index in [0.29, 0.717) is 11.1 Å². The van der Waals surface area contributed by atoms with Crippen LogP contribution in [0.3, 0.4) is 0 Å². The van der Waals surface area contributed by atoms with Gasteiger partial charge in [-0.2, -0.15) is 13.2 Å². The highest BCUT2D eigenvalue weighted by Gasteiger charge is 2.30. The van der Waals surface area contributed by atoms with E-state index in [0.717, 1.165) is 17.5 Å². The number of aromatic nitrogens is 1. The Morgan fingerprint density at radius 1 is 1.00 bits per heavy atom. The number of hydrogen-bond donors (Lipinski definition) is 2. The zero-order chi connectivity index (χ0) is 20.3. The Kier molecular flexibility index (Phi) is 5.30. The first-order chi connectivity index (χ1) is 13.2. The SMILES string of the molecule is NC(=O)[C@@H](Cc1ccc(C(F)(F)F)cc1)NC(=O)c1ccc2ccccc2n1. The summed E-state index contributed by atoms with van der Waals surface area (Å²) in [7, 11) is 0. The molecule has 3 N–H and O–H groups in total. The van der Waals surface area contributed by atoms with Gasteiger partial charge in [-0.05, 0) is 29.8 Å². The van der Waals surface area contributed by atoms with Gasteiger partial charge in [0, 0.05) is 11.8 Å². The van der Waals surface area contributed by atoms with Gasteiger partial charge in [0.1, 0.15) is 11.7 Å². The molecule has 3 aromatic rings. The van der Waals surface area contributed by atoms with Crippen molar-refractivity contribution in [2.75, 3.05) is 0 Å². The molecule has 0 unspecified atom stereocenters. The van der Waals surface area contributed by atoms with Gasteiger partial charge in [-0.15, -0.1) is 0 Å². The van der Waals surface area contributed by atoms with Crippen molar-refractivity contribution >= 4 is 22.7 Å². The first kappa shape index (κ1) is 19.3. The van der Waals surface area contributed by atoms with Crippen molar-refractivity contribution in [3.63, 3.8) is 0 Å². The minimum atomic E-state index is -4.45. The van der Waals surface area contributed by atoms with Crippen molar-refractivity contribution in [2.45, 2.75) is 18.6 Å². The molecule has 8 heteroatoms. The van der Waals surface area contributed by atoms with E-state index < -0.39 is 29.6 Å². The number of fused-ring (bicyclic) bond motifs is 1. The van der Waals surface area contributed by atoms with Crippen molar-refractivity contribution in [3.05, 3.63) is 77.5 Å². The largest absolute Gasteiger partial charge is 0.416 e. The molecule has 28 heavy (non-hydrogen) atoms. The Balaban J connectivity index is 1.75. The second-order valence-electron chi connectivity index (χ2n) is 6.22. The highest BCUT2D eigenvalue weighted by Crippen LogP contribution is 2.29. The Morgan fingerprint density at radius 2 is 1.68 bits per heavy atom. The van der Waals surface area contributed by atoms with E-state index in [-0.39, 0.29) is 12.1 Å². The van der Waals surface area contributed by atoms with Gasteiger partial charge in [-0.1, -0.05) is 36.4 Å². The van der Waals surface area contributed by atoms with Crippen molar-refractivity contribution in [1.82, 2.24) is 10.3 Å². The molecule has 1 heterocycles. The molecule has 1 atom stereocenters. The summed E-state index contributed by atoms with van der Waals surface area (Å²) in [6.45, 7) is 0. The molecule has 2 aromatic carbocycles. The molecule has 0 aliphatic heterocycles. The number of halogens is 3. The number of hydrogen-bond acceptors (Lipinski definition) is 3. The summed E-state index contributed by atoms with van der Waals surface area (Å²) in [5, 5.41) is 3.35. The molecule has 0 saturated carbocycles. The molecule has 2 amide bonds. The number of alkyl halides is 3. The van der Waals surface area contributed by atoms with Crippen LogP contribution in [0, 0.1) is 0 Å². The zero-order valence-corrected chi connectivity index (χ0v) is 14.5. The lowest BCUT2D eigenvalue weighted by atomic mass is 10.0. The fraction of sp³-hybridized carbons (Fsp3) is 0.150. The number of primary amides is 1. The first-order valence-corrected chi connectivity index (χ1v) is 8.36. The predicted molar refractivity (Wildman–Crippen MR) is 97.3 cm³/mol. The van der Waals surface area contributed by atoms with Crippen LogP contribution in [0.15, 0.2) is 60.7 Å². The molecule has 0 radical (unpaired) electrons. The monoisotopic (exact) mass is 387 g/mol. The highest BCUT2D eigenvalue weighted by atomic mass is 19.4. The fourth-order valence-electron chi connectivity index (χ4n) is 2.71. The maximum atomic E-state index is 12.6. The number of para-hydroxylation sites is 1. The normalized spacial score (nSPS) is 12.5. The maximum absolute atomic E-state index is 12.6. The number of nitrogens with one attached hydrogen (secondary N) is 1. The third-order valence-electron chi connectivity index (χ3n) is 4.20. The van der Waals surface area contributed by atoms with Crippen LogP contribution in [-0.4, -0.2) is 22.8 Å². The predicted octanol–water partition coefficient (Wildman–Crippen LogP) is 3.08.